The van der Waals surface area contributed by atoms with Crippen LogP contribution in [0.15, 0.2) is 48.8 Å². The fraction of sp³-hybridized carbons (Fsp3) is 0.381. The topological polar surface area (TPSA) is 71.5 Å². The number of amides is 2. The summed E-state index contributed by atoms with van der Waals surface area (Å²) < 4.78 is 5.17. The molecule has 1 saturated heterocycles. The summed E-state index contributed by atoms with van der Waals surface area (Å²) >= 11 is 0. The highest BCUT2D eigenvalue weighted by molar-refractivity contribution is 6.01. The Morgan fingerprint density at radius 2 is 2.11 bits per heavy atom. The quantitative estimate of drug-likeness (QED) is 0.788. The summed E-state index contributed by atoms with van der Waals surface area (Å²) in [5.41, 5.74) is 2.34. The number of aromatic nitrogens is 1. The Bertz CT molecular complexity index is 779. The van der Waals surface area contributed by atoms with Gasteiger partial charge in [-0.2, -0.15) is 0 Å². The van der Waals surface area contributed by atoms with Gasteiger partial charge in [0.15, 0.2) is 0 Å². The Morgan fingerprint density at radius 1 is 1.26 bits per heavy atom. The Kier molecular flexibility index (Phi) is 6.41. The van der Waals surface area contributed by atoms with Crippen LogP contribution in [0.5, 0.6) is 0 Å². The van der Waals surface area contributed by atoms with Gasteiger partial charge in [-0.1, -0.05) is 37.6 Å². The van der Waals surface area contributed by atoms with Crippen LogP contribution >= 0.6 is 0 Å². The van der Waals surface area contributed by atoms with E-state index < -0.39 is 6.09 Å². The first-order valence-corrected chi connectivity index (χ1v) is 9.44. The minimum absolute atomic E-state index is 0.0918. The molecule has 1 aromatic carbocycles. The van der Waals surface area contributed by atoms with E-state index >= 15 is 0 Å². The maximum atomic E-state index is 13.2. The molecule has 1 fully saturated rings. The van der Waals surface area contributed by atoms with Crippen molar-refractivity contribution in [2.75, 3.05) is 13.2 Å². The minimum atomic E-state index is -0.464. The highest BCUT2D eigenvalue weighted by Gasteiger charge is 2.32. The van der Waals surface area contributed by atoms with E-state index in [1.54, 1.807) is 17.3 Å². The van der Waals surface area contributed by atoms with Crippen LogP contribution in [-0.4, -0.2) is 41.2 Å². The SMILES string of the molecule is CCCCOC(=O)NC1CCCN1C(=O)c1ccccc1-c1cccnc1. The van der Waals surface area contributed by atoms with Crippen molar-refractivity contribution in [3.8, 4) is 11.1 Å². The van der Waals surface area contributed by atoms with Crippen LogP contribution in [-0.2, 0) is 4.74 Å². The van der Waals surface area contributed by atoms with Crippen molar-refractivity contribution in [3.63, 3.8) is 0 Å². The van der Waals surface area contributed by atoms with Gasteiger partial charge in [0.05, 0.1) is 6.61 Å². The third-order valence-corrected chi connectivity index (χ3v) is 4.66. The number of benzene rings is 1. The molecule has 6 nitrogen and oxygen atoms in total. The van der Waals surface area contributed by atoms with Gasteiger partial charge in [0.25, 0.3) is 5.91 Å². The van der Waals surface area contributed by atoms with Gasteiger partial charge in [-0.05, 0) is 37.0 Å². The Balaban J connectivity index is 1.75. The first-order valence-electron chi connectivity index (χ1n) is 9.44. The highest BCUT2D eigenvalue weighted by Crippen LogP contribution is 2.26. The standard InChI is InChI=1S/C21H25N3O3/c1-2-3-14-27-21(26)23-19-11-7-13-24(19)20(25)18-10-5-4-9-17(18)16-8-6-12-22-15-16/h4-6,8-10,12,15,19H,2-3,7,11,13-14H2,1H3,(H,23,26). The predicted molar refractivity (Wildman–Crippen MR) is 103 cm³/mol. The summed E-state index contributed by atoms with van der Waals surface area (Å²) in [6.07, 6.45) is 6.02. The summed E-state index contributed by atoms with van der Waals surface area (Å²) in [6.45, 7) is 3.05. The predicted octanol–water partition coefficient (Wildman–Crippen LogP) is 3.84. The summed E-state index contributed by atoms with van der Waals surface area (Å²) in [4.78, 5) is 31.1. The second-order valence-electron chi connectivity index (χ2n) is 6.58. The average molecular weight is 367 g/mol. The first-order chi connectivity index (χ1) is 13.2. The van der Waals surface area contributed by atoms with Gasteiger partial charge in [-0.3, -0.25) is 9.78 Å². The van der Waals surface area contributed by atoms with Gasteiger partial charge >= 0.3 is 6.09 Å². The van der Waals surface area contributed by atoms with Gasteiger partial charge in [0.2, 0.25) is 0 Å². The molecule has 1 aliphatic heterocycles. The first kappa shape index (κ1) is 18.9. The zero-order valence-electron chi connectivity index (χ0n) is 15.6. The van der Waals surface area contributed by atoms with Gasteiger partial charge in [-0.15, -0.1) is 0 Å². The van der Waals surface area contributed by atoms with E-state index in [4.69, 9.17) is 4.74 Å². The molecule has 27 heavy (non-hydrogen) atoms. The van der Waals surface area contributed by atoms with E-state index in [1.807, 2.05) is 43.3 Å². The summed E-state index contributed by atoms with van der Waals surface area (Å²) in [5.74, 6) is -0.0918. The number of alkyl carbamates (subject to hydrolysis) is 1. The molecule has 0 bridgehead atoms. The van der Waals surface area contributed by atoms with Crippen molar-refractivity contribution in [2.45, 2.75) is 38.8 Å². The minimum Gasteiger partial charge on any atom is -0.450 e. The van der Waals surface area contributed by atoms with Crippen molar-refractivity contribution in [3.05, 3.63) is 54.4 Å². The second-order valence-corrected chi connectivity index (χ2v) is 6.58. The average Bonchev–Trinajstić information content (AvgIpc) is 3.16. The lowest BCUT2D eigenvalue weighted by molar-refractivity contribution is 0.0699. The van der Waals surface area contributed by atoms with Gasteiger partial charge in [-0.25, -0.2) is 4.79 Å². The van der Waals surface area contributed by atoms with Crippen LogP contribution in [0.25, 0.3) is 11.1 Å². The summed E-state index contributed by atoms with van der Waals surface area (Å²) in [7, 11) is 0. The molecule has 0 radical (unpaired) electrons. The molecular weight excluding hydrogens is 342 g/mol. The van der Waals surface area contributed by atoms with Gasteiger partial charge < -0.3 is 15.0 Å². The maximum Gasteiger partial charge on any atom is 0.408 e. The largest absolute Gasteiger partial charge is 0.450 e. The number of nitrogens with one attached hydrogen (secondary N) is 1. The van der Waals surface area contributed by atoms with E-state index in [0.717, 1.165) is 36.8 Å². The molecule has 1 unspecified atom stereocenters. The molecule has 2 heterocycles. The number of unbranched alkanes of at least 4 members (excludes halogenated alkanes) is 1. The lowest BCUT2D eigenvalue weighted by atomic mass is 10.0. The lowest BCUT2D eigenvalue weighted by Crippen LogP contribution is -2.47. The molecule has 0 spiro atoms. The number of carbonyl (C=O) groups is 2. The summed E-state index contributed by atoms with van der Waals surface area (Å²) in [6, 6.07) is 11.3. The van der Waals surface area contributed by atoms with E-state index in [9.17, 15) is 9.59 Å². The molecule has 1 N–H and O–H groups in total. The van der Waals surface area contributed by atoms with Crippen molar-refractivity contribution in [1.29, 1.82) is 0 Å². The normalized spacial score (nSPS) is 16.2. The number of ether oxygens (including phenoxy) is 1. The van der Waals surface area contributed by atoms with Crippen LogP contribution in [0, 0.1) is 0 Å². The molecule has 1 aromatic heterocycles. The second kappa shape index (κ2) is 9.16. The Labute approximate surface area is 159 Å². The fourth-order valence-corrected chi connectivity index (χ4v) is 3.24. The van der Waals surface area contributed by atoms with Crippen LogP contribution in [0.2, 0.25) is 0 Å². The number of hydrogen-bond acceptors (Lipinski definition) is 4. The molecule has 2 aromatic rings. The van der Waals surface area contributed by atoms with Crippen LogP contribution in [0.3, 0.4) is 0 Å². The number of carbonyl (C=O) groups excluding carboxylic acids is 2. The molecule has 0 aliphatic carbocycles. The molecule has 1 aliphatic rings. The molecule has 1 atom stereocenters. The monoisotopic (exact) mass is 367 g/mol. The van der Waals surface area contributed by atoms with Gasteiger partial charge in [0, 0.05) is 30.1 Å². The van der Waals surface area contributed by atoms with Gasteiger partial charge in [0.1, 0.15) is 6.17 Å². The number of nitrogens with zero attached hydrogens (tertiary/aromatic N) is 2. The van der Waals surface area contributed by atoms with Crippen molar-refractivity contribution in [1.82, 2.24) is 15.2 Å². The van der Waals surface area contributed by atoms with Crippen molar-refractivity contribution < 1.29 is 14.3 Å². The Morgan fingerprint density at radius 3 is 2.89 bits per heavy atom. The van der Waals surface area contributed by atoms with Crippen LogP contribution in [0.1, 0.15) is 43.0 Å². The number of likely N-dealkylation sites (tertiary alicyclic amines) is 1. The third kappa shape index (κ3) is 4.64. The van der Waals surface area contributed by atoms with E-state index in [2.05, 4.69) is 10.3 Å². The Hall–Kier alpha value is -2.89. The lowest BCUT2D eigenvalue weighted by Gasteiger charge is -2.26. The van der Waals surface area contributed by atoms with Crippen LogP contribution < -0.4 is 5.32 Å². The molecule has 0 saturated carbocycles. The number of hydrogen-bond donors (Lipinski definition) is 1. The van der Waals surface area contributed by atoms with Crippen LogP contribution in [0.4, 0.5) is 4.79 Å². The van der Waals surface area contributed by atoms with E-state index in [1.165, 1.54) is 0 Å². The number of pyridine rings is 1. The molecule has 2 amide bonds. The van der Waals surface area contributed by atoms with E-state index in [-0.39, 0.29) is 12.1 Å². The highest BCUT2D eigenvalue weighted by atomic mass is 16.5. The number of rotatable bonds is 6. The fourth-order valence-electron chi connectivity index (χ4n) is 3.24. The zero-order chi connectivity index (χ0) is 19.1. The molecular formula is C21H25N3O3. The zero-order valence-corrected chi connectivity index (χ0v) is 15.6. The van der Waals surface area contributed by atoms with Crippen molar-refractivity contribution >= 4 is 12.0 Å². The van der Waals surface area contributed by atoms with Crippen molar-refractivity contribution in [2.24, 2.45) is 0 Å². The molecule has 3 rings (SSSR count). The van der Waals surface area contributed by atoms with E-state index in [0.29, 0.717) is 18.7 Å². The molecule has 6 heteroatoms. The third-order valence-electron chi connectivity index (χ3n) is 4.66. The summed E-state index contributed by atoms with van der Waals surface area (Å²) in [5, 5.41) is 2.83. The maximum absolute atomic E-state index is 13.2. The molecule has 142 valence electrons. The smallest absolute Gasteiger partial charge is 0.408 e.